The molecule has 1 unspecified atom stereocenters. The molecule has 1 aliphatic rings. The molecule has 1 aliphatic heterocycles. The van der Waals surface area contributed by atoms with Gasteiger partial charge in [-0.05, 0) is 49.2 Å². The van der Waals surface area contributed by atoms with Crippen LogP contribution in [0.4, 0.5) is 5.69 Å². The summed E-state index contributed by atoms with van der Waals surface area (Å²) in [7, 11) is -4.36. The van der Waals surface area contributed by atoms with Crippen LogP contribution in [0.2, 0.25) is 20.1 Å². The molecule has 43 heavy (non-hydrogen) atoms. The van der Waals surface area contributed by atoms with Gasteiger partial charge >= 0.3 is 5.97 Å². The number of benzene rings is 2. The number of anilines is 1. The summed E-state index contributed by atoms with van der Waals surface area (Å²) in [4.78, 5) is 41.6. The van der Waals surface area contributed by atoms with Crippen molar-refractivity contribution in [2.24, 2.45) is 0 Å². The fourth-order valence-electron chi connectivity index (χ4n) is 4.63. The lowest BCUT2D eigenvalue weighted by atomic mass is 9.96. The fourth-order valence-corrected chi connectivity index (χ4v) is 7.58. The van der Waals surface area contributed by atoms with Crippen LogP contribution < -0.4 is 10.6 Å². The second kappa shape index (κ2) is 12.9. The van der Waals surface area contributed by atoms with Crippen LogP contribution in [0.1, 0.15) is 29.3 Å². The lowest BCUT2D eigenvalue weighted by molar-refractivity contribution is -0.143. The van der Waals surface area contributed by atoms with Crippen molar-refractivity contribution < 1.29 is 33.0 Å². The van der Waals surface area contributed by atoms with Crippen LogP contribution in [0, 0.1) is 0 Å². The van der Waals surface area contributed by atoms with Crippen LogP contribution >= 0.6 is 46.4 Å². The van der Waals surface area contributed by atoms with E-state index < -0.39 is 45.5 Å². The van der Waals surface area contributed by atoms with Crippen molar-refractivity contribution in [3.8, 4) is 0 Å². The quantitative estimate of drug-likeness (QED) is 0.259. The molecule has 0 aliphatic carbocycles. The first-order valence-electron chi connectivity index (χ1n) is 12.5. The Morgan fingerprint density at radius 3 is 2.19 bits per heavy atom. The van der Waals surface area contributed by atoms with Gasteiger partial charge in [-0.2, -0.15) is 4.31 Å². The minimum atomic E-state index is -4.36. The van der Waals surface area contributed by atoms with Crippen LogP contribution in [0.15, 0.2) is 59.8 Å². The standard InChI is InChI=1S/C27H24Cl4N4O7S/c1-27(40)6-7-35(43(41,42)18-10-15(28)9-16(29)11-18)23(27)25(37)34-21(26(38)39)8-14-2-4-17(5-3-14)33-24(36)22-19(30)12-32-13-20(22)31/h2-5,9-13,21,23,40H,6-8H2,1H3,(H,33,36)(H,34,37)(H,38,39)/t21-,23-,27?/m0/s1. The van der Waals surface area contributed by atoms with E-state index in [2.05, 4.69) is 15.6 Å². The summed E-state index contributed by atoms with van der Waals surface area (Å²) in [5, 5.41) is 26.0. The molecule has 2 amide bonds. The summed E-state index contributed by atoms with van der Waals surface area (Å²) in [5.41, 5.74) is -0.934. The summed E-state index contributed by atoms with van der Waals surface area (Å²) < 4.78 is 27.7. The smallest absolute Gasteiger partial charge is 0.326 e. The molecule has 1 fully saturated rings. The lowest BCUT2D eigenvalue weighted by Gasteiger charge is -2.31. The molecular weight excluding hydrogens is 666 g/mol. The third kappa shape index (κ3) is 7.40. The topological polar surface area (TPSA) is 166 Å². The number of carboxylic acids is 1. The maximum atomic E-state index is 13.4. The first-order chi connectivity index (χ1) is 20.1. The van der Waals surface area contributed by atoms with Gasteiger partial charge in [-0.25, -0.2) is 13.2 Å². The molecule has 0 bridgehead atoms. The number of aliphatic carboxylic acids is 1. The Hall–Kier alpha value is -2.97. The maximum Gasteiger partial charge on any atom is 0.326 e. The monoisotopic (exact) mass is 688 g/mol. The molecule has 0 spiro atoms. The molecular formula is C27H24Cl4N4O7S. The predicted molar refractivity (Wildman–Crippen MR) is 161 cm³/mol. The molecule has 0 radical (unpaired) electrons. The number of carbonyl (C=O) groups excluding carboxylic acids is 2. The molecule has 1 saturated heterocycles. The van der Waals surface area contributed by atoms with Crippen LogP contribution in [-0.2, 0) is 26.0 Å². The van der Waals surface area contributed by atoms with Crippen molar-refractivity contribution in [1.82, 2.24) is 14.6 Å². The highest BCUT2D eigenvalue weighted by molar-refractivity contribution is 7.89. The number of aliphatic hydroxyl groups is 1. The maximum absolute atomic E-state index is 13.4. The number of pyridine rings is 1. The molecule has 1 aromatic heterocycles. The number of nitrogens with one attached hydrogen (secondary N) is 2. The zero-order valence-electron chi connectivity index (χ0n) is 22.2. The van der Waals surface area contributed by atoms with Crippen molar-refractivity contribution in [3.05, 3.63) is 86.1 Å². The first kappa shape index (κ1) is 32.9. The summed E-state index contributed by atoms with van der Waals surface area (Å²) in [6.07, 6.45) is 2.28. The van der Waals surface area contributed by atoms with Crippen molar-refractivity contribution in [2.45, 2.75) is 42.3 Å². The molecule has 16 heteroatoms. The number of aromatic nitrogens is 1. The molecule has 0 saturated carbocycles. The number of carboxylic acid groups (broad SMARTS) is 1. The Labute approximate surface area is 266 Å². The van der Waals surface area contributed by atoms with E-state index in [-0.39, 0.29) is 49.9 Å². The second-order valence-corrected chi connectivity index (χ2v) is 13.5. The summed E-state index contributed by atoms with van der Waals surface area (Å²) in [6.45, 7) is 1.09. The summed E-state index contributed by atoms with van der Waals surface area (Å²) in [6, 6.07) is 6.67. The predicted octanol–water partition coefficient (Wildman–Crippen LogP) is 4.27. The Morgan fingerprint density at radius 1 is 1.05 bits per heavy atom. The number of halogens is 4. The number of hydrogen-bond acceptors (Lipinski definition) is 7. The third-order valence-corrected chi connectivity index (χ3v) is 9.60. The normalized spacial score (nSPS) is 19.5. The number of carbonyl (C=O) groups is 3. The average Bonchev–Trinajstić information content (AvgIpc) is 3.24. The summed E-state index contributed by atoms with van der Waals surface area (Å²) in [5.74, 6) is -2.97. The van der Waals surface area contributed by atoms with Crippen molar-refractivity contribution >= 4 is 79.9 Å². The van der Waals surface area contributed by atoms with E-state index in [0.29, 0.717) is 11.3 Å². The molecule has 228 valence electrons. The Kier molecular flexibility index (Phi) is 9.92. The molecule has 4 N–H and O–H groups in total. The van der Waals surface area contributed by atoms with Gasteiger partial charge < -0.3 is 20.8 Å². The zero-order chi connectivity index (χ0) is 31.7. The van der Waals surface area contributed by atoms with E-state index in [1.54, 1.807) is 12.1 Å². The Bertz CT molecular complexity index is 1650. The van der Waals surface area contributed by atoms with Gasteiger partial charge in [0, 0.05) is 41.1 Å². The van der Waals surface area contributed by atoms with Crippen LogP contribution in [-0.4, -0.2) is 69.9 Å². The van der Waals surface area contributed by atoms with Gasteiger partial charge in [-0.1, -0.05) is 58.5 Å². The molecule has 4 rings (SSSR count). The largest absolute Gasteiger partial charge is 0.480 e. The number of rotatable bonds is 9. The highest BCUT2D eigenvalue weighted by Crippen LogP contribution is 2.35. The van der Waals surface area contributed by atoms with Gasteiger partial charge in [-0.15, -0.1) is 0 Å². The van der Waals surface area contributed by atoms with E-state index in [9.17, 15) is 33.0 Å². The summed E-state index contributed by atoms with van der Waals surface area (Å²) >= 11 is 24.0. The SMILES string of the molecule is CC1(O)CCN(S(=O)(=O)c2cc(Cl)cc(Cl)c2)[C@H]1C(=O)N[C@@H](Cc1ccc(NC(=O)c2c(Cl)cncc2Cl)cc1)C(=O)O. The first-order valence-corrected chi connectivity index (χ1v) is 15.5. The minimum absolute atomic E-state index is 0.0355. The van der Waals surface area contributed by atoms with Crippen molar-refractivity contribution in [3.63, 3.8) is 0 Å². The van der Waals surface area contributed by atoms with Crippen molar-refractivity contribution in [2.75, 3.05) is 11.9 Å². The second-order valence-electron chi connectivity index (χ2n) is 9.96. The van der Waals surface area contributed by atoms with Crippen molar-refractivity contribution in [1.29, 1.82) is 0 Å². The van der Waals surface area contributed by atoms with Crippen LogP contribution in [0.5, 0.6) is 0 Å². The van der Waals surface area contributed by atoms with Crippen LogP contribution in [0.3, 0.4) is 0 Å². The number of sulfonamides is 1. The fraction of sp³-hybridized carbons (Fsp3) is 0.259. The van der Waals surface area contributed by atoms with Gasteiger partial charge in [0.25, 0.3) is 5.91 Å². The average molecular weight is 690 g/mol. The Balaban J connectivity index is 1.50. The van der Waals surface area contributed by atoms with Gasteiger partial charge in [0.1, 0.15) is 12.1 Å². The number of nitrogens with zero attached hydrogens (tertiary/aromatic N) is 2. The van der Waals surface area contributed by atoms with Gasteiger partial charge in [-0.3, -0.25) is 14.6 Å². The van der Waals surface area contributed by atoms with E-state index in [1.165, 1.54) is 37.5 Å². The highest BCUT2D eigenvalue weighted by Gasteiger charge is 2.52. The number of amides is 2. The van der Waals surface area contributed by atoms with E-state index in [0.717, 1.165) is 16.4 Å². The van der Waals surface area contributed by atoms with Gasteiger partial charge in [0.05, 0.1) is 26.1 Å². The van der Waals surface area contributed by atoms with Gasteiger partial charge in [0.2, 0.25) is 15.9 Å². The number of hydrogen-bond donors (Lipinski definition) is 4. The van der Waals surface area contributed by atoms with E-state index in [1.807, 2.05) is 0 Å². The third-order valence-electron chi connectivity index (χ3n) is 6.75. The molecule has 2 heterocycles. The highest BCUT2D eigenvalue weighted by atomic mass is 35.5. The lowest BCUT2D eigenvalue weighted by Crippen LogP contribution is -2.57. The van der Waals surface area contributed by atoms with Gasteiger partial charge in [0.15, 0.2) is 0 Å². The molecule has 2 aromatic carbocycles. The zero-order valence-corrected chi connectivity index (χ0v) is 26.1. The molecule has 3 atom stereocenters. The molecule has 3 aromatic rings. The van der Waals surface area contributed by atoms with Crippen LogP contribution in [0.25, 0.3) is 0 Å². The van der Waals surface area contributed by atoms with E-state index >= 15 is 0 Å². The minimum Gasteiger partial charge on any atom is -0.480 e. The Morgan fingerprint density at radius 2 is 1.63 bits per heavy atom. The molecule has 11 nitrogen and oxygen atoms in total. The van der Waals surface area contributed by atoms with E-state index in [4.69, 9.17) is 46.4 Å².